The number of nitrogens with one attached hydrogen (secondary N) is 1. The van der Waals surface area contributed by atoms with E-state index in [1.54, 1.807) is 12.1 Å². The minimum atomic E-state index is 0.300. The van der Waals surface area contributed by atoms with Crippen LogP contribution in [0, 0.1) is 0 Å². The SMILES string of the molecule is Oc1ccc(CN(CCc2c[nH]c3ccccc23)Cc2ccccn2)cc1. The summed E-state index contributed by atoms with van der Waals surface area (Å²) in [4.78, 5) is 10.2. The highest BCUT2D eigenvalue weighted by atomic mass is 16.3. The average molecular weight is 357 g/mol. The van der Waals surface area contributed by atoms with Crippen molar-refractivity contribution in [2.45, 2.75) is 19.5 Å². The predicted octanol–water partition coefficient (Wildman–Crippen LogP) is 4.51. The van der Waals surface area contributed by atoms with Gasteiger partial charge < -0.3 is 10.1 Å². The Hall–Kier alpha value is -3.11. The van der Waals surface area contributed by atoms with Gasteiger partial charge in [0.1, 0.15) is 5.75 Å². The normalized spacial score (nSPS) is 11.3. The molecule has 4 aromatic rings. The van der Waals surface area contributed by atoms with Crippen LogP contribution < -0.4 is 0 Å². The number of nitrogens with zero attached hydrogens (tertiary/aromatic N) is 2. The molecule has 0 unspecified atom stereocenters. The molecule has 4 heteroatoms. The Kier molecular flexibility index (Phi) is 5.17. The van der Waals surface area contributed by atoms with Gasteiger partial charge in [-0.1, -0.05) is 36.4 Å². The molecule has 0 spiro atoms. The summed E-state index contributed by atoms with van der Waals surface area (Å²) in [5, 5.41) is 10.8. The highest BCUT2D eigenvalue weighted by Crippen LogP contribution is 2.19. The van der Waals surface area contributed by atoms with E-state index in [0.29, 0.717) is 5.75 Å². The Balaban J connectivity index is 1.50. The Labute approximate surface area is 159 Å². The molecule has 0 aliphatic heterocycles. The summed E-state index contributed by atoms with van der Waals surface area (Å²) < 4.78 is 0. The summed E-state index contributed by atoms with van der Waals surface area (Å²) in [7, 11) is 0. The lowest BCUT2D eigenvalue weighted by Gasteiger charge is -2.22. The smallest absolute Gasteiger partial charge is 0.115 e. The van der Waals surface area contributed by atoms with Crippen LogP contribution in [-0.2, 0) is 19.5 Å². The van der Waals surface area contributed by atoms with Gasteiger partial charge >= 0.3 is 0 Å². The summed E-state index contributed by atoms with van der Waals surface area (Å²) in [5.41, 5.74) is 4.77. The second-order valence-electron chi connectivity index (χ2n) is 6.81. The lowest BCUT2D eigenvalue weighted by molar-refractivity contribution is 0.257. The van der Waals surface area contributed by atoms with E-state index in [0.717, 1.165) is 31.7 Å². The topological polar surface area (TPSA) is 52.1 Å². The third-order valence-electron chi connectivity index (χ3n) is 4.83. The average Bonchev–Trinajstić information content (AvgIpc) is 3.12. The number of fused-ring (bicyclic) bond motifs is 1. The van der Waals surface area contributed by atoms with Gasteiger partial charge in [-0.25, -0.2) is 0 Å². The van der Waals surface area contributed by atoms with Crippen LogP contribution in [0.25, 0.3) is 10.9 Å². The highest BCUT2D eigenvalue weighted by molar-refractivity contribution is 5.83. The van der Waals surface area contributed by atoms with Gasteiger partial charge in [0.2, 0.25) is 0 Å². The zero-order chi connectivity index (χ0) is 18.5. The lowest BCUT2D eigenvalue weighted by Crippen LogP contribution is -2.25. The van der Waals surface area contributed by atoms with Crippen molar-refractivity contribution in [2.75, 3.05) is 6.54 Å². The highest BCUT2D eigenvalue weighted by Gasteiger charge is 2.10. The number of para-hydroxylation sites is 1. The summed E-state index contributed by atoms with van der Waals surface area (Å²) >= 11 is 0. The number of hydrogen-bond acceptors (Lipinski definition) is 3. The van der Waals surface area contributed by atoms with Gasteiger partial charge in [0.25, 0.3) is 0 Å². The van der Waals surface area contributed by atoms with Crippen molar-refractivity contribution in [2.24, 2.45) is 0 Å². The van der Waals surface area contributed by atoms with Crippen LogP contribution in [0.3, 0.4) is 0 Å². The molecule has 0 fully saturated rings. The molecule has 0 radical (unpaired) electrons. The first kappa shape index (κ1) is 17.3. The van der Waals surface area contributed by atoms with Crippen LogP contribution in [0.15, 0.2) is 79.1 Å². The third kappa shape index (κ3) is 4.36. The largest absolute Gasteiger partial charge is 0.508 e. The first-order valence-electron chi connectivity index (χ1n) is 9.23. The summed E-state index contributed by atoms with van der Waals surface area (Å²) in [6.45, 7) is 2.54. The van der Waals surface area contributed by atoms with Crippen LogP contribution in [0.2, 0.25) is 0 Å². The maximum absolute atomic E-state index is 9.53. The molecule has 0 aliphatic rings. The molecule has 27 heavy (non-hydrogen) atoms. The van der Waals surface area contributed by atoms with E-state index in [1.165, 1.54) is 22.0 Å². The number of H-pyrrole nitrogens is 1. The number of phenolic OH excluding ortho intramolecular Hbond substituents is 1. The third-order valence-corrected chi connectivity index (χ3v) is 4.83. The van der Waals surface area contributed by atoms with E-state index < -0.39 is 0 Å². The van der Waals surface area contributed by atoms with E-state index >= 15 is 0 Å². The molecular formula is C23H23N3O. The van der Waals surface area contributed by atoms with Crippen LogP contribution >= 0.6 is 0 Å². The van der Waals surface area contributed by atoms with Crippen molar-refractivity contribution in [1.29, 1.82) is 0 Å². The minimum Gasteiger partial charge on any atom is -0.508 e. The molecule has 0 aliphatic carbocycles. The molecule has 2 heterocycles. The standard InChI is InChI=1S/C23H23N3O/c27-21-10-8-18(9-11-21)16-26(17-20-5-3-4-13-24-20)14-12-19-15-25-23-7-2-1-6-22(19)23/h1-11,13,15,25,27H,12,14,16-17H2. The molecule has 0 amide bonds. The first-order valence-corrected chi connectivity index (χ1v) is 9.23. The van der Waals surface area contributed by atoms with Gasteiger partial charge in [0.05, 0.1) is 5.69 Å². The monoisotopic (exact) mass is 357 g/mol. The quantitative estimate of drug-likeness (QED) is 0.511. The van der Waals surface area contributed by atoms with Crippen molar-refractivity contribution in [3.8, 4) is 5.75 Å². The van der Waals surface area contributed by atoms with Crippen LogP contribution in [0.5, 0.6) is 5.75 Å². The molecule has 0 atom stereocenters. The maximum Gasteiger partial charge on any atom is 0.115 e. The Morgan fingerprint density at radius 2 is 1.70 bits per heavy atom. The van der Waals surface area contributed by atoms with Crippen molar-refractivity contribution >= 4 is 10.9 Å². The number of rotatable bonds is 7. The van der Waals surface area contributed by atoms with Gasteiger partial charge in [-0.15, -0.1) is 0 Å². The van der Waals surface area contributed by atoms with Gasteiger partial charge in [0, 0.05) is 42.9 Å². The number of pyridine rings is 1. The summed E-state index contributed by atoms with van der Waals surface area (Å²) in [6, 6.07) is 21.9. The zero-order valence-electron chi connectivity index (χ0n) is 15.2. The maximum atomic E-state index is 9.53. The number of hydrogen-bond donors (Lipinski definition) is 2. The first-order chi connectivity index (χ1) is 13.3. The second-order valence-corrected chi connectivity index (χ2v) is 6.81. The van der Waals surface area contributed by atoms with Crippen molar-refractivity contribution < 1.29 is 5.11 Å². The molecule has 4 nitrogen and oxygen atoms in total. The van der Waals surface area contributed by atoms with E-state index in [2.05, 4.69) is 51.4 Å². The van der Waals surface area contributed by atoms with Crippen LogP contribution in [0.4, 0.5) is 0 Å². The van der Waals surface area contributed by atoms with Gasteiger partial charge in [-0.05, 0) is 47.9 Å². The summed E-state index contributed by atoms with van der Waals surface area (Å²) in [5.74, 6) is 0.300. The Morgan fingerprint density at radius 3 is 2.52 bits per heavy atom. The Morgan fingerprint density at radius 1 is 0.889 bits per heavy atom. The van der Waals surface area contributed by atoms with Crippen molar-refractivity contribution in [3.63, 3.8) is 0 Å². The van der Waals surface area contributed by atoms with Gasteiger partial charge in [-0.2, -0.15) is 0 Å². The number of aromatic amines is 1. The van der Waals surface area contributed by atoms with E-state index in [1.807, 2.05) is 30.5 Å². The van der Waals surface area contributed by atoms with Crippen LogP contribution in [0.1, 0.15) is 16.8 Å². The molecular weight excluding hydrogens is 334 g/mol. The number of benzene rings is 2. The van der Waals surface area contributed by atoms with Gasteiger partial charge in [-0.3, -0.25) is 9.88 Å². The van der Waals surface area contributed by atoms with Crippen LogP contribution in [-0.4, -0.2) is 26.5 Å². The number of aromatic nitrogens is 2. The Bertz CT molecular complexity index is 993. The fourth-order valence-corrected chi connectivity index (χ4v) is 3.41. The lowest BCUT2D eigenvalue weighted by atomic mass is 10.1. The second kappa shape index (κ2) is 8.06. The molecule has 0 saturated heterocycles. The number of phenols is 1. The fourth-order valence-electron chi connectivity index (χ4n) is 3.41. The molecule has 2 aromatic carbocycles. The molecule has 0 saturated carbocycles. The minimum absolute atomic E-state index is 0.300. The van der Waals surface area contributed by atoms with Gasteiger partial charge in [0.15, 0.2) is 0 Å². The summed E-state index contributed by atoms with van der Waals surface area (Å²) in [6.07, 6.45) is 4.92. The molecule has 0 bridgehead atoms. The van der Waals surface area contributed by atoms with Crippen molar-refractivity contribution in [3.05, 3.63) is 95.9 Å². The van der Waals surface area contributed by atoms with E-state index in [4.69, 9.17) is 0 Å². The predicted molar refractivity (Wildman–Crippen MR) is 108 cm³/mol. The zero-order valence-corrected chi connectivity index (χ0v) is 15.2. The number of aromatic hydroxyl groups is 1. The van der Waals surface area contributed by atoms with E-state index in [-0.39, 0.29) is 0 Å². The van der Waals surface area contributed by atoms with Crippen molar-refractivity contribution in [1.82, 2.24) is 14.9 Å². The molecule has 4 rings (SSSR count). The molecule has 2 aromatic heterocycles. The van der Waals surface area contributed by atoms with E-state index in [9.17, 15) is 5.11 Å². The molecule has 2 N–H and O–H groups in total. The molecule has 136 valence electrons. The fraction of sp³-hybridized carbons (Fsp3) is 0.174.